The fraction of sp³-hybridized carbons (Fsp3) is 0.375. The van der Waals surface area contributed by atoms with Crippen LogP contribution in [-0.2, 0) is 10.3 Å². The lowest BCUT2D eigenvalue weighted by Crippen LogP contribution is -2.55. The lowest BCUT2D eigenvalue weighted by Gasteiger charge is -2.32. The molecule has 2 aromatic carbocycles. The molecule has 1 amide bonds. The fourth-order valence-electron chi connectivity index (χ4n) is 5.99. The van der Waals surface area contributed by atoms with Crippen LogP contribution in [0.2, 0.25) is 0 Å². The lowest BCUT2D eigenvalue weighted by molar-refractivity contribution is -0.534. The standard InChI is InChI=1S/C24H24BrN3O5/c1-3-11-33-21-16(25)12-14(13-19(21)32-2)20-18-9-6-10-27(18)24(22(20)28(30)31)15-7-4-5-8-17(15)26-23(24)29/h3-5,7-8,12-13,18,20,22H,1,6,9-11H2,2H3,(H,26,29)/t18-,20+,22-,24-/m0/s1. The molecule has 4 atom stereocenters. The monoisotopic (exact) mass is 513 g/mol. The van der Waals surface area contributed by atoms with Crippen molar-refractivity contribution in [1.29, 1.82) is 0 Å². The molecule has 1 spiro atoms. The summed E-state index contributed by atoms with van der Waals surface area (Å²) in [5.41, 5.74) is 0.733. The maximum absolute atomic E-state index is 13.5. The number of fused-ring (bicyclic) bond motifs is 4. The van der Waals surface area contributed by atoms with Crippen molar-refractivity contribution < 1.29 is 19.2 Å². The van der Waals surface area contributed by atoms with Crippen LogP contribution in [0.5, 0.6) is 11.5 Å². The molecular weight excluding hydrogens is 490 g/mol. The van der Waals surface area contributed by atoms with Crippen molar-refractivity contribution in [3.8, 4) is 11.5 Å². The third kappa shape index (κ3) is 3.02. The van der Waals surface area contributed by atoms with Gasteiger partial charge in [0.15, 0.2) is 17.0 Å². The highest BCUT2D eigenvalue weighted by molar-refractivity contribution is 9.10. The SMILES string of the molecule is C=CCOc1c(Br)cc([C@H]2[C@H]([N+](=O)[O-])[C@@]3(C(=O)Nc4ccccc43)N3CCC[C@@H]23)cc1OC. The Bertz CT molecular complexity index is 1150. The van der Waals surface area contributed by atoms with Gasteiger partial charge in [-0.3, -0.25) is 19.8 Å². The zero-order valence-electron chi connectivity index (χ0n) is 18.1. The molecule has 3 aliphatic rings. The predicted molar refractivity (Wildman–Crippen MR) is 126 cm³/mol. The van der Waals surface area contributed by atoms with Crippen molar-refractivity contribution in [2.45, 2.75) is 36.4 Å². The van der Waals surface area contributed by atoms with E-state index < -0.39 is 17.5 Å². The zero-order valence-corrected chi connectivity index (χ0v) is 19.7. The van der Waals surface area contributed by atoms with E-state index in [1.807, 2.05) is 30.3 Å². The van der Waals surface area contributed by atoms with Gasteiger partial charge >= 0.3 is 0 Å². The molecule has 0 unspecified atom stereocenters. The first-order valence-corrected chi connectivity index (χ1v) is 11.7. The van der Waals surface area contributed by atoms with Crippen molar-refractivity contribution in [3.63, 3.8) is 0 Å². The normalized spacial score (nSPS) is 27.8. The van der Waals surface area contributed by atoms with Crippen LogP contribution in [0.15, 0.2) is 53.5 Å². The Hall–Kier alpha value is -2.91. The van der Waals surface area contributed by atoms with Crippen LogP contribution in [0, 0.1) is 10.1 Å². The molecule has 2 fully saturated rings. The first kappa shape index (κ1) is 21.9. The van der Waals surface area contributed by atoms with E-state index in [4.69, 9.17) is 9.47 Å². The van der Waals surface area contributed by atoms with E-state index >= 15 is 0 Å². The number of anilines is 1. The third-order valence-corrected chi connectivity index (χ3v) is 7.67. The van der Waals surface area contributed by atoms with Gasteiger partial charge in [0.05, 0.1) is 17.5 Å². The number of hydrogen-bond donors (Lipinski definition) is 1. The minimum absolute atomic E-state index is 0.145. The molecule has 3 aliphatic heterocycles. The maximum Gasteiger partial charge on any atom is 0.256 e. The van der Waals surface area contributed by atoms with Crippen LogP contribution in [0.25, 0.3) is 0 Å². The van der Waals surface area contributed by atoms with E-state index in [1.165, 1.54) is 7.11 Å². The average molecular weight is 514 g/mol. The fourth-order valence-corrected chi connectivity index (χ4v) is 6.56. The van der Waals surface area contributed by atoms with Gasteiger partial charge < -0.3 is 14.8 Å². The highest BCUT2D eigenvalue weighted by Gasteiger charge is 2.73. The van der Waals surface area contributed by atoms with E-state index in [9.17, 15) is 14.9 Å². The van der Waals surface area contributed by atoms with Gasteiger partial charge in [0, 0.05) is 28.8 Å². The summed E-state index contributed by atoms with van der Waals surface area (Å²) in [5, 5.41) is 15.6. The number of ether oxygens (including phenoxy) is 2. The molecule has 33 heavy (non-hydrogen) atoms. The summed E-state index contributed by atoms with van der Waals surface area (Å²) in [6.45, 7) is 4.60. The second-order valence-electron chi connectivity index (χ2n) is 8.56. The first-order valence-electron chi connectivity index (χ1n) is 10.9. The molecular formula is C24H24BrN3O5. The third-order valence-electron chi connectivity index (χ3n) is 7.08. The van der Waals surface area contributed by atoms with Crippen LogP contribution in [0.3, 0.4) is 0 Å². The lowest BCUT2D eigenvalue weighted by atomic mass is 9.77. The summed E-state index contributed by atoms with van der Waals surface area (Å²) < 4.78 is 12.0. The van der Waals surface area contributed by atoms with Crippen LogP contribution in [0.1, 0.15) is 29.9 Å². The van der Waals surface area contributed by atoms with Gasteiger partial charge in [-0.25, -0.2) is 0 Å². The molecule has 3 heterocycles. The number of benzene rings is 2. The molecule has 0 aromatic heterocycles. The van der Waals surface area contributed by atoms with Crippen molar-refractivity contribution in [3.05, 3.63) is 74.8 Å². The highest BCUT2D eigenvalue weighted by Crippen LogP contribution is 2.58. The molecule has 5 rings (SSSR count). The number of hydrogen-bond acceptors (Lipinski definition) is 6. The number of methoxy groups -OCH3 is 1. The molecule has 0 bridgehead atoms. The number of halogens is 1. The van der Waals surface area contributed by atoms with Crippen molar-refractivity contribution >= 4 is 27.5 Å². The van der Waals surface area contributed by atoms with Gasteiger partial charge in [0.2, 0.25) is 0 Å². The number of nitrogens with zero attached hydrogens (tertiary/aromatic N) is 2. The van der Waals surface area contributed by atoms with Crippen LogP contribution >= 0.6 is 15.9 Å². The number of amides is 1. The Morgan fingerprint density at radius 2 is 2.18 bits per heavy atom. The summed E-state index contributed by atoms with van der Waals surface area (Å²) in [6.07, 6.45) is 3.29. The summed E-state index contributed by atoms with van der Waals surface area (Å²) in [6, 6.07) is 9.68. The molecule has 172 valence electrons. The van der Waals surface area contributed by atoms with Crippen molar-refractivity contribution in [1.82, 2.24) is 4.90 Å². The van der Waals surface area contributed by atoms with Crippen LogP contribution < -0.4 is 14.8 Å². The number of nitro groups is 1. The summed E-state index contributed by atoms with van der Waals surface area (Å²) in [7, 11) is 1.54. The topological polar surface area (TPSA) is 93.9 Å². The molecule has 1 N–H and O–H groups in total. The van der Waals surface area contributed by atoms with E-state index in [2.05, 4.69) is 32.7 Å². The Kier molecular flexibility index (Phi) is 5.41. The smallest absolute Gasteiger partial charge is 0.256 e. The predicted octanol–water partition coefficient (Wildman–Crippen LogP) is 4.08. The Balaban J connectivity index is 1.70. The number of rotatable bonds is 6. The van der Waals surface area contributed by atoms with Crippen molar-refractivity contribution in [2.75, 3.05) is 25.6 Å². The Labute approximate surface area is 199 Å². The maximum atomic E-state index is 13.5. The van der Waals surface area contributed by atoms with Gasteiger partial charge in [0.25, 0.3) is 11.9 Å². The molecule has 0 radical (unpaired) electrons. The second-order valence-corrected chi connectivity index (χ2v) is 9.41. The number of para-hydroxylation sites is 1. The largest absolute Gasteiger partial charge is 0.493 e. The van der Waals surface area contributed by atoms with Crippen LogP contribution in [0.4, 0.5) is 5.69 Å². The number of carbonyl (C=O) groups excluding carboxylic acids is 1. The molecule has 2 aromatic rings. The van der Waals surface area contributed by atoms with Gasteiger partial charge in [-0.1, -0.05) is 30.9 Å². The Morgan fingerprint density at radius 1 is 1.39 bits per heavy atom. The zero-order chi connectivity index (χ0) is 23.3. The Morgan fingerprint density at radius 3 is 2.91 bits per heavy atom. The van der Waals surface area contributed by atoms with E-state index in [0.717, 1.165) is 18.4 Å². The number of carbonyl (C=O) groups is 1. The van der Waals surface area contributed by atoms with E-state index in [-0.39, 0.29) is 16.9 Å². The summed E-state index contributed by atoms with van der Waals surface area (Å²) in [5.74, 6) is 0.165. The molecule has 2 saturated heterocycles. The van der Waals surface area contributed by atoms with Gasteiger partial charge in [-0.05, 0) is 52.5 Å². The van der Waals surface area contributed by atoms with E-state index in [1.54, 1.807) is 12.1 Å². The minimum atomic E-state index is -1.34. The highest BCUT2D eigenvalue weighted by atomic mass is 79.9. The molecule has 8 nitrogen and oxygen atoms in total. The number of nitrogens with one attached hydrogen (secondary N) is 1. The molecule has 0 saturated carbocycles. The molecule has 9 heteroatoms. The summed E-state index contributed by atoms with van der Waals surface area (Å²) in [4.78, 5) is 28.0. The summed E-state index contributed by atoms with van der Waals surface area (Å²) >= 11 is 3.56. The first-order chi connectivity index (χ1) is 15.9. The molecule has 0 aliphatic carbocycles. The van der Waals surface area contributed by atoms with Gasteiger partial charge in [-0.2, -0.15) is 0 Å². The van der Waals surface area contributed by atoms with Gasteiger partial charge in [-0.15, -0.1) is 0 Å². The van der Waals surface area contributed by atoms with Crippen LogP contribution in [-0.4, -0.2) is 48.1 Å². The van der Waals surface area contributed by atoms with E-state index in [0.29, 0.717) is 40.4 Å². The average Bonchev–Trinajstić information content (AvgIpc) is 3.45. The van der Waals surface area contributed by atoms with Gasteiger partial charge in [0.1, 0.15) is 6.61 Å². The second kappa shape index (κ2) is 8.14. The quantitative estimate of drug-likeness (QED) is 0.355. The van der Waals surface area contributed by atoms with Crippen molar-refractivity contribution in [2.24, 2.45) is 0 Å². The minimum Gasteiger partial charge on any atom is -0.493 e.